The molecular formula is C22H22N4O2S3. The lowest BCUT2D eigenvalue weighted by Crippen LogP contribution is -2.14. The Morgan fingerprint density at radius 2 is 2.16 bits per heavy atom. The molecule has 0 saturated carbocycles. The van der Waals surface area contributed by atoms with E-state index in [-0.39, 0.29) is 11.7 Å². The third-order valence-electron chi connectivity index (χ3n) is 5.81. The lowest BCUT2D eigenvalue weighted by atomic mass is 9.90. The molecule has 0 saturated heterocycles. The number of hydrogen-bond acceptors (Lipinski definition) is 8. The maximum absolute atomic E-state index is 12.5. The Hall–Kier alpha value is -2.15. The van der Waals surface area contributed by atoms with Gasteiger partial charge in [0, 0.05) is 9.75 Å². The second-order valence-electron chi connectivity index (χ2n) is 8.14. The van der Waals surface area contributed by atoms with Crippen LogP contribution in [0.2, 0.25) is 0 Å². The lowest BCUT2D eigenvalue weighted by molar-refractivity contribution is -0.113. The third kappa shape index (κ3) is 4.29. The minimum Gasteiger partial charge on any atom is -0.410 e. The van der Waals surface area contributed by atoms with Gasteiger partial charge >= 0.3 is 0 Å². The van der Waals surface area contributed by atoms with Crippen LogP contribution in [0.25, 0.3) is 10.8 Å². The van der Waals surface area contributed by atoms with Crippen LogP contribution in [0.15, 0.2) is 15.7 Å². The van der Waals surface area contributed by atoms with E-state index in [0.29, 0.717) is 21.7 Å². The smallest absolute Gasteiger partial charge is 0.277 e. The Morgan fingerprint density at radius 1 is 1.29 bits per heavy atom. The molecule has 0 unspecified atom stereocenters. The van der Waals surface area contributed by atoms with Crippen molar-refractivity contribution in [2.75, 3.05) is 11.1 Å². The van der Waals surface area contributed by atoms with Gasteiger partial charge in [0.1, 0.15) is 11.1 Å². The number of amides is 1. The van der Waals surface area contributed by atoms with E-state index in [2.05, 4.69) is 34.6 Å². The van der Waals surface area contributed by atoms with E-state index in [9.17, 15) is 10.1 Å². The van der Waals surface area contributed by atoms with E-state index in [1.165, 1.54) is 44.8 Å². The van der Waals surface area contributed by atoms with Gasteiger partial charge in [0.05, 0.1) is 16.2 Å². The summed E-state index contributed by atoms with van der Waals surface area (Å²) in [6.45, 7) is 2.29. The Kier molecular flexibility index (Phi) is 5.87. The summed E-state index contributed by atoms with van der Waals surface area (Å²) in [5.74, 6) is 1.24. The van der Waals surface area contributed by atoms with Gasteiger partial charge in [0.15, 0.2) is 0 Å². The van der Waals surface area contributed by atoms with Crippen LogP contribution in [0, 0.1) is 17.2 Å². The molecule has 1 atom stereocenters. The molecule has 2 aliphatic rings. The van der Waals surface area contributed by atoms with Crippen molar-refractivity contribution >= 4 is 45.3 Å². The normalized spacial score (nSPS) is 17.6. The predicted molar refractivity (Wildman–Crippen MR) is 124 cm³/mol. The number of fused-ring (bicyclic) bond motifs is 2. The summed E-state index contributed by atoms with van der Waals surface area (Å²) >= 11 is 4.49. The number of carbonyl (C=O) groups excluding carboxylic acids is 1. The zero-order chi connectivity index (χ0) is 21.4. The van der Waals surface area contributed by atoms with Crippen molar-refractivity contribution in [3.63, 3.8) is 0 Å². The number of hydrogen-bond donors (Lipinski definition) is 1. The van der Waals surface area contributed by atoms with Crippen molar-refractivity contribution in [3.05, 3.63) is 32.5 Å². The molecule has 0 bridgehead atoms. The molecule has 2 aliphatic carbocycles. The molecule has 6 nitrogen and oxygen atoms in total. The van der Waals surface area contributed by atoms with Gasteiger partial charge in [0.2, 0.25) is 5.91 Å². The molecule has 0 spiro atoms. The zero-order valence-electron chi connectivity index (χ0n) is 17.2. The molecule has 9 heteroatoms. The largest absolute Gasteiger partial charge is 0.410 e. The summed E-state index contributed by atoms with van der Waals surface area (Å²) in [5, 5.41) is 21.8. The Balaban J connectivity index is 1.22. The van der Waals surface area contributed by atoms with Gasteiger partial charge in [-0.25, -0.2) is 0 Å². The molecule has 0 fully saturated rings. The summed E-state index contributed by atoms with van der Waals surface area (Å²) in [7, 11) is 0. The van der Waals surface area contributed by atoms with Crippen molar-refractivity contribution in [1.29, 1.82) is 5.26 Å². The van der Waals surface area contributed by atoms with Crippen molar-refractivity contribution in [1.82, 2.24) is 10.2 Å². The van der Waals surface area contributed by atoms with E-state index in [0.717, 1.165) is 54.9 Å². The highest BCUT2D eigenvalue weighted by molar-refractivity contribution is 7.99. The van der Waals surface area contributed by atoms with E-state index in [1.54, 1.807) is 11.3 Å². The molecular weight excluding hydrogens is 448 g/mol. The molecule has 31 heavy (non-hydrogen) atoms. The van der Waals surface area contributed by atoms with Crippen LogP contribution >= 0.6 is 34.4 Å². The number of anilines is 1. The van der Waals surface area contributed by atoms with Crippen LogP contribution < -0.4 is 5.32 Å². The van der Waals surface area contributed by atoms with Crippen molar-refractivity contribution in [2.24, 2.45) is 5.92 Å². The Morgan fingerprint density at radius 3 is 3.03 bits per heavy atom. The topological polar surface area (TPSA) is 91.8 Å². The summed E-state index contributed by atoms with van der Waals surface area (Å²) in [5.41, 5.74) is 3.16. The van der Waals surface area contributed by atoms with Gasteiger partial charge in [0.25, 0.3) is 11.1 Å². The summed E-state index contributed by atoms with van der Waals surface area (Å²) in [4.78, 5) is 16.1. The van der Waals surface area contributed by atoms with Crippen molar-refractivity contribution < 1.29 is 9.21 Å². The van der Waals surface area contributed by atoms with Crippen molar-refractivity contribution in [3.8, 4) is 16.8 Å². The Labute approximate surface area is 193 Å². The number of aromatic nitrogens is 2. The fourth-order valence-corrected chi connectivity index (χ4v) is 7.19. The SMILES string of the molecule is C[C@H]1CCc2sc(-c3nnc(SCC(=O)Nc4sc5c(c4C#N)CCCC5)o3)cc2C1. The van der Waals surface area contributed by atoms with Crippen LogP contribution in [-0.4, -0.2) is 21.9 Å². The summed E-state index contributed by atoms with van der Waals surface area (Å²) in [6, 6.07) is 4.45. The average Bonchev–Trinajstić information content (AvgIpc) is 3.47. The number of nitrogens with zero attached hydrogens (tertiary/aromatic N) is 3. The van der Waals surface area contributed by atoms with Gasteiger partial charge in [-0.3, -0.25) is 4.79 Å². The standard InChI is InChI=1S/C22H22N4O2S3/c1-12-6-7-16-13(8-12)9-18(30-16)20-25-26-22(28-20)29-11-19(27)24-21-15(10-23)14-4-2-3-5-17(14)31-21/h9,12H,2-8,11H2,1H3,(H,24,27)/t12-/m0/s1. The molecule has 160 valence electrons. The number of nitrogens with one attached hydrogen (secondary N) is 1. The van der Waals surface area contributed by atoms with E-state index < -0.39 is 0 Å². The first-order valence-electron chi connectivity index (χ1n) is 10.5. The van der Waals surface area contributed by atoms with Crippen LogP contribution in [0.3, 0.4) is 0 Å². The monoisotopic (exact) mass is 470 g/mol. The number of thiophene rings is 2. The van der Waals surface area contributed by atoms with E-state index >= 15 is 0 Å². The minimum absolute atomic E-state index is 0.160. The average molecular weight is 471 g/mol. The van der Waals surface area contributed by atoms with Gasteiger partial charge < -0.3 is 9.73 Å². The maximum Gasteiger partial charge on any atom is 0.277 e. The van der Waals surface area contributed by atoms with E-state index in [1.807, 2.05) is 0 Å². The summed E-state index contributed by atoms with van der Waals surface area (Å²) in [6.07, 6.45) is 7.63. The van der Waals surface area contributed by atoms with Crippen molar-refractivity contribution in [2.45, 2.75) is 57.1 Å². The first-order chi connectivity index (χ1) is 15.1. The lowest BCUT2D eigenvalue weighted by Gasteiger charge is -2.16. The first kappa shape index (κ1) is 20.7. The van der Waals surface area contributed by atoms with Crippen LogP contribution in [-0.2, 0) is 30.5 Å². The fourth-order valence-electron chi connectivity index (χ4n) is 4.24. The molecule has 1 amide bonds. The Bertz CT molecular complexity index is 1170. The second-order valence-corrected chi connectivity index (χ2v) is 11.3. The third-order valence-corrected chi connectivity index (χ3v) is 9.06. The zero-order valence-corrected chi connectivity index (χ0v) is 19.6. The first-order valence-corrected chi connectivity index (χ1v) is 13.2. The van der Waals surface area contributed by atoms with E-state index in [4.69, 9.17) is 4.42 Å². The van der Waals surface area contributed by atoms with Crippen LogP contribution in [0.4, 0.5) is 5.00 Å². The molecule has 5 rings (SSSR count). The summed E-state index contributed by atoms with van der Waals surface area (Å²) < 4.78 is 5.81. The number of aryl methyl sites for hydroxylation is 2. The maximum atomic E-state index is 12.5. The molecule has 3 heterocycles. The number of carbonyl (C=O) groups is 1. The second kappa shape index (κ2) is 8.77. The highest BCUT2D eigenvalue weighted by Crippen LogP contribution is 2.39. The molecule has 0 aliphatic heterocycles. The molecule has 3 aromatic rings. The van der Waals surface area contributed by atoms with Crippen LogP contribution in [0.5, 0.6) is 0 Å². The van der Waals surface area contributed by atoms with Gasteiger partial charge in [-0.05, 0) is 68.1 Å². The number of rotatable bonds is 5. The van der Waals surface area contributed by atoms with Gasteiger partial charge in [-0.2, -0.15) is 5.26 Å². The number of thioether (sulfide) groups is 1. The molecule has 0 aromatic carbocycles. The highest BCUT2D eigenvalue weighted by atomic mass is 32.2. The van der Waals surface area contributed by atoms with Gasteiger partial charge in [-0.1, -0.05) is 18.7 Å². The molecule has 3 aromatic heterocycles. The minimum atomic E-state index is -0.166. The molecule has 1 N–H and O–H groups in total. The predicted octanol–water partition coefficient (Wildman–Crippen LogP) is 5.47. The fraction of sp³-hybridized carbons (Fsp3) is 0.455. The molecule has 0 radical (unpaired) electrons. The number of nitriles is 1. The quantitative estimate of drug-likeness (QED) is 0.498. The highest BCUT2D eigenvalue weighted by Gasteiger charge is 2.23. The van der Waals surface area contributed by atoms with Gasteiger partial charge in [-0.15, -0.1) is 32.9 Å². The van der Waals surface area contributed by atoms with Crippen LogP contribution in [0.1, 0.15) is 52.6 Å².